The molecule has 0 fully saturated rings. The summed E-state index contributed by atoms with van der Waals surface area (Å²) in [6.45, 7) is 1.95. The molecule has 0 heterocycles. The number of nitrogens with two attached hydrogens (primary N) is 4. The summed E-state index contributed by atoms with van der Waals surface area (Å²) in [5.74, 6) is 0. The third-order valence-electron chi connectivity index (χ3n) is 3.10. The molecule has 18 heavy (non-hydrogen) atoms. The highest BCUT2D eigenvalue weighted by molar-refractivity contribution is 5.59. The first kappa shape index (κ1) is 12.3. The second-order valence-electron chi connectivity index (χ2n) is 4.48. The van der Waals surface area contributed by atoms with E-state index in [1.165, 1.54) is 0 Å². The Morgan fingerprint density at radius 1 is 0.889 bits per heavy atom. The van der Waals surface area contributed by atoms with E-state index < -0.39 is 0 Å². The van der Waals surface area contributed by atoms with E-state index in [9.17, 15) is 0 Å². The second kappa shape index (κ2) is 4.58. The SMILES string of the molecule is Cc1cc(C(N)c2cc(N)ccc2N)ccc1N. The number of rotatable bonds is 2. The normalized spacial score (nSPS) is 12.3. The monoisotopic (exact) mass is 242 g/mol. The zero-order chi connectivity index (χ0) is 13.3. The molecule has 0 saturated carbocycles. The molecule has 1 atom stereocenters. The lowest BCUT2D eigenvalue weighted by atomic mass is 9.96. The molecule has 94 valence electrons. The average molecular weight is 242 g/mol. The number of hydrogen-bond acceptors (Lipinski definition) is 4. The zero-order valence-corrected chi connectivity index (χ0v) is 10.4. The van der Waals surface area contributed by atoms with E-state index in [1.807, 2.05) is 31.2 Å². The lowest BCUT2D eigenvalue weighted by molar-refractivity contribution is 0.874. The maximum Gasteiger partial charge on any atom is 0.0572 e. The molecule has 2 aromatic carbocycles. The lowest BCUT2D eigenvalue weighted by Gasteiger charge is -2.16. The van der Waals surface area contributed by atoms with Crippen molar-refractivity contribution < 1.29 is 0 Å². The van der Waals surface area contributed by atoms with Gasteiger partial charge in [0.1, 0.15) is 0 Å². The maximum atomic E-state index is 6.23. The topological polar surface area (TPSA) is 104 Å². The van der Waals surface area contributed by atoms with E-state index in [4.69, 9.17) is 22.9 Å². The molecule has 2 rings (SSSR count). The number of anilines is 3. The predicted molar refractivity (Wildman–Crippen MR) is 76.9 cm³/mol. The van der Waals surface area contributed by atoms with Crippen molar-refractivity contribution in [3.05, 3.63) is 53.1 Å². The summed E-state index contributed by atoms with van der Waals surface area (Å²) in [5, 5.41) is 0. The van der Waals surface area contributed by atoms with Crippen LogP contribution in [0.25, 0.3) is 0 Å². The number of hydrogen-bond donors (Lipinski definition) is 4. The van der Waals surface area contributed by atoms with Crippen molar-refractivity contribution in [1.82, 2.24) is 0 Å². The molecular formula is C14H18N4. The van der Waals surface area contributed by atoms with Crippen LogP contribution >= 0.6 is 0 Å². The Balaban J connectivity index is 2.44. The van der Waals surface area contributed by atoms with Gasteiger partial charge in [-0.25, -0.2) is 0 Å². The predicted octanol–water partition coefficient (Wildman–Crippen LogP) is 1.79. The molecule has 0 aliphatic carbocycles. The minimum Gasteiger partial charge on any atom is -0.399 e. The first-order valence-corrected chi connectivity index (χ1v) is 5.75. The fourth-order valence-corrected chi connectivity index (χ4v) is 1.93. The third-order valence-corrected chi connectivity index (χ3v) is 3.10. The Bertz CT molecular complexity index is 578. The summed E-state index contributed by atoms with van der Waals surface area (Å²) >= 11 is 0. The summed E-state index contributed by atoms with van der Waals surface area (Å²) in [6, 6.07) is 10.8. The van der Waals surface area contributed by atoms with Gasteiger partial charge in [0.2, 0.25) is 0 Å². The molecule has 0 amide bonds. The Morgan fingerprint density at radius 3 is 2.22 bits per heavy atom. The zero-order valence-electron chi connectivity index (χ0n) is 10.4. The standard InChI is InChI=1S/C14H18N4/c1-8-6-9(2-4-12(8)16)14(18)11-7-10(15)3-5-13(11)17/h2-7,14H,15-18H2,1H3. The van der Waals surface area contributed by atoms with Gasteiger partial charge < -0.3 is 22.9 Å². The largest absolute Gasteiger partial charge is 0.399 e. The molecule has 0 bridgehead atoms. The van der Waals surface area contributed by atoms with E-state index in [0.29, 0.717) is 11.4 Å². The fraction of sp³-hybridized carbons (Fsp3) is 0.143. The van der Waals surface area contributed by atoms with Crippen LogP contribution in [0.3, 0.4) is 0 Å². The summed E-state index contributed by atoms with van der Waals surface area (Å²) in [5.41, 5.74) is 28.6. The van der Waals surface area contributed by atoms with Gasteiger partial charge in [0.05, 0.1) is 6.04 Å². The number of nitrogen functional groups attached to an aromatic ring is 3. The van der Waals surface area contributed by atoms with Gasteiger partial charge in [0, 0.05) is 17.1 Å². The highest BCUT2D eigenvalue weighted by Crippen LogP contribution is 2.28. The van der Waals surface area contributed by atoms with Crippen molar-refractivity contribution in [2.45, 2.75) is 13.0 Å². The summed E-state index contributed by atoms with van der Waals surface area (Å²) < 4.78 is 0. The summed E-state index contributed by atoms with van der Waals surface area (Å²) in [7, 11) is 0. The highest BCUT2D eigenvalue weighted by Gasteiger charge is 2.13. The Kier molecular flexibility index (Phi) is 3.12. The van der Waals surface area contributed by atoms with E-state index in [0.717, 1.165) is 22.4 Å². The molecule has 0 aliphatic heterocycles. The van der Waals surface area contributed by atoms with Gasteiger partial charge >= 0.3 is 0 Å². The van der Waals surface area contributed by atoms with Gasteiger partial charge in [-0.2, -0.15) is 0 Å². The van der Waals surface area contributed by atoms with Crippen LogP contribution in [0.4, 0.5) is 17.1 Å². The van der Waals surface area contributed by atoms with Crippen LogP contribution in [-0.4, -0.2) is 0 Å². The van der Waals surface area contributed by atoms with Crippen molar-refractivity contribution in [2.24, 2.45) is 5.73 Å². The van der Waals surface area contributed by atoms with Crippen LogP contribution in [-0.2, 0) is 0 Å². The van der Waals surface area contributed by atoms with E-state index in [1.54, 1.807) is 12.1 Å². The highest BCUT2D eigenvalue weighted by atomic mass is 14.7. The second-order valence-corrected chi connectivity index (χ2v) is 4.48. The number of benzene rings is 2. The number of aryl methyl sites for hydroxylation is 1. The van der Waals surface area contributed by atoms with Crippen LogP contribution in [0.5, 0.6) is 0 Å². The van der Waals surface area contributed by atoms with Gasteiger partial charge in [-0.3, -0.25) is 0 Å². The minimum atomic E-state index is -0.298. The summed E-state index contributed by atoms with van der Waals surface area (Å²) in [6.07, 6.45) is 0. The lowest BCUT2D eigenvalue weighted by Crippen LogP contribution is -2.14. The van der Waals surface area contributed by atoms with Crippen LogP contribution < -0.4 is 22.9 Å². The quantitative estimate of drug-likeness (QED) is 0.602. The molecule has 0 saturated heterocycles. The molecule has 1 unspecified atom stereocenters. The maximum absolute atomic E-state index is 6.23. The van der Waals surface area contributed by atoms with Crippen molar-refractivity contribution in [3.8, 4) is 0 Å². The van der Waals surface area contributed by atoms with Crippen molar-refractivity contribution in [1.29, 1.82) is 0 Å². The van der Waals surface area contributed by atoms with Crippen LogP contribution in [0.2, 0.25) is 0 Å². The molecule has 8 N–H and O–H groups in total. The van der Waals surface area contributed by atoms with Gasteiger partial charge in [0.15, 0.2) is 0 Å². The fourth-order valence-electron chi connectivity index (χ4n) is 1.93. The van der Waals surface area contributed by atoms with Crippen molar-refractivity contribution in [2.75, 3.05) is 17.2 Å². The Hall–Kier alpha value is -2.20. The molecule has 4 nitrogen and oxygen atoms in total. The van der Waals surface area contributed by atoms with Crippen molar-refractivity contribution in [3.63, 3.8) is 0 Å². The van der Waals surface area contributed by atoms with Gasteiger partial charge in [-0.05, 0) is 47.9 Å². The molecule has 0 aromatic heterocycles. The summed E-state index contributed by atoms with van der Waals surface area (Å²) in [4.78, 5) is 0. The molecule has 0 aliphatic rings. The molecule has 2 aromatic rings. The van der Waals surface area contributed by atoms with Crippen LogP contribution in [0, 0.1) is 6.92 Å². The molecule has 0 radical (unpaired) electrons. The smallest absolute Gasteiger partial charge is 0.0572 e. The van der Waals surface area contributed by atoms with Gasteiger partial charge in [-0.15, -0.1) is 0 Å². The Labute approximate surface area is 107 Å². The molecule has 0 spiro atoms. The van der Waals surface area contributed by atoms with Gasteiger partial charge in [-0.1, -0.05) is 12.1 Å². The first-order chi connectivity index (χ1) is 8.49. The molecular weight excluding hydrogens is 224 g/mol. The van der Waals surface area contributed by atoms with Crippen LogP contribution in [0.1, 0.15) is 22.7 Å². The van der Waals surface area contributed by atoms with E-state index >= 15 is 0 Å². The average Bonchev–Trinajstić information content (AvgIpc) is 2.35. The Morgan fingerprint density at radius 2 is 1.56 bits per heavy atom. The minimum absolute atomic E-state index is 0.298. The van der Waals surface area contributed by atoms with E-state index in [-0.39, 0.29) is 6.04 Å². The first-order valence-electron chi connectivity index (χ1n) is 5.75. The molecule has 4 heteroatoms. The van der Waals surface area contributed by atoms with E-state index in [2.05, 4.69) is 0 Å². The van der Waals surface area contributed by atoms with Gasteiger partial charge in [0.25, 0.3) is 0 Å². The van der Waals surface area contributed by atoms with Crippen LogP contribution in [0.15, 0.2) is 36.4 Å². The van der Waals surface area contributed by atoms with Crippen molar-refractivity contribution >= 4 is 17.1 Å². The third kappa shape index (κ3) is 2.24.